The Morgan fingerprint density at radius 2 is 1.77 bits per heavy atom. The van der Waals surface area contributed by atoms with Gasteiger partial charge in [0.2, 0.25) is 10.0 Å². The lowest BCUT2D eigenvalue weighted by Crippen LogP contribution is -2.15. The number of nitrogens with one attached hydrogen (secondary N) is 1. The summed E-state index contributed by atoms with van der Waals surface area (Å²) in [5, 5.41) is 0.441. The van der Waals surface area contributed by atoms with Crippen molar-refractivity contribution < 1.29 is 8.42 Å². The van der Waals surface area contributed by atoms with Gasteiger partial charge in [-0.2, -0.15) is 0 Å². The standard InChI is InChI=1S/C20H19ClN2O2S/c1-14-9-10-22-12-19(14)18-8-7-17(11-15(18)2)23-26(24,25)13-16-5-3-4-6-20(16)21/h3-12,23H,13H2,1-2H3. The summed E-state index contributed by atoms with van der Waals surface area (Å²) in [6, 6.07) is 14.4. The summed E-state index contributed by atoms with van der Waals surface area (Å²) >= 11 is 6.06. The number of pyridine rings is 1. The van der Waals surface area contributed by atoms with Crippen molar-refractivity contribution in [3.8, 4) is 11.1 Å². The van der Waals surface area contributed by atoms with Gasteiger partial charge in [-0.05, 0) is 60.4 Å². The predicted octanol–water partition coefficient (Wildman–Crippen LogP) is 4.96. The molecule has 3 rings (SSSR count). The minimum atomic E-state index is -3.56. The Bertz CT molecular complexity index is 1050. The molecule has 0 atom stereocenters. The molecule has 0 bridgehead atoms. The van der Waals surface area contributed by atoms with Gasteiger partial charge >= 0.3 is 0 Å². The van der Waals surface area contributed by atoms with Crippen molar-refractivity contribution in [1.82, 2.24) is 4.98 Å². The largest absolute Gasteiger partial charge is 0.283 e. The molecule has 0 aliphatic carbocycles. The predicted molar refractivity (Wildman–Crippen MR) is 107 cm³/mol. The average molecular weight is 387 g/mol. The van der Waals surface area contributed by atoms with Crippen LogP contribution in [-0.4, -0.2) is 13.4 Å². The zero-order chi connectivity index (χ0) is 18.7. The van der Waals surface area contributed by atoms with E-state index in [1.54, 1.807) is 36.5 Å². The van der Waals surface area contributed by atoms with E-state index in [4.69, 9.17) is 11.6 Å². The van der Waals surface area contributed by atoms with E-state index in [0.717, 1.165) is 22.3 Å². The molecule has 0 saturated heterocycles. The SMILES string of the molecule is Cc1cc(NS(=O)(=O)Cc2ccccc2Cl)ccc1-c1cnccc1C. The molecule has 1 heterocycles. The van der Waals surface area contributed by atoms with Gasteiger partial charge in [0.1, 0.15) is 0 Å². The van der Waals surface area contributed by atoms with Gasteiger partial charge in [-0.15, -0.1) is 0 Å². The average Bonchev–Trinajstić information content (AvgIpc) is 2.57. The minimum Gasteiger partial charge on any atom is -0.283 e. The van der Waals surface area contributed by atoms with E-state index in [1.165, 1.54) is 0 Å². The molecular weight excluding hydrogens is 368 g/mol. The molecule has 3 aromatic rings. The molecular formula is C20H19ClN2O2S. The van der Waals surface area contributed by atoms with Crippen LogP contribution >= 0.6 is 11.6 Å². The summed E-state index contributed by atoms with van der Waals surface area (Å²) in [5.41, 5.74) is 5.26. The van der Waals surface area contributed by atoms with E-state index in [9.17, 15) is 8.42 Å². The Morgan fingerprint density at radius 1 is 1.00 bits per heavy atom. The first-order valence-corrected chi connectivity index (χ1v) is 10.1. The molecule has 1 N–H and O–H groups in total. The maximum atomic E-state index is 12.5. The molecule has 0 unspecified atom stereocenters. The highest BCUT2D eigenvalue weighted by molar-refractivity contribution is 7.91. The van der Waals surface area contributed by atoms with Crippen LogP contribution in [0.25, 0.3) is 11.1 Å². The normalized spacial score (nSPS) is 11.3. The van der Waals surface area contributed by atoms with Gasteiger partial charge in [0.15, 0.2) is 0 Å². The zero-order valence-corrected chi connectivity index (χ0v) is 16.1. The molecule has 134 valence electrons. The van der Waals surface area contributed by atoms with Gasteiger partial charge in [0.05, 0.1) is 5.75 Å². The lowest BCUT2D eigenvalue weighted by atomic mass is 9.98. The molecule has 0 aliphatic rings. The number of hydrogen-bond acceptors (Lipinski definition) is 3. The molecule has 4 nitrogen and oxygen atoms in total. The highest BCUT2D eigenvalue weighted by Crippen LogP contribution is 2.28. The molecule has 0 saturated carbocycles. The summed E-state index contributed by atoms with van der Waals surface area (Å²) in [5.74, 6) is -0.171. The molecule has 0 fully saturated rings. The van der Waals surface area contributed by atoms with Gasteiger partial charge in [-0.1, -0.05) is 35.9 Å². The Kier molecular flexibility index (Phi) is 5.30. The van der Waals surface area contributed by atoms with E-state index in [0.29, 0.717) is 16.3 Å². The van der Waals surface area contributed by atoms with E-state index >= 15 is 0 Å². The monoisotopic (exact) mass is 386 g/mol. The second-order valence-corrected chi connectivity index (χ2v) is 8.30. The molecule has 6 heteroatoms. The third-order valence-corrected chi connectivity index (χ3v) is 5.74. The van der Waals surface area contributed by atoms with Crippen molar-refractivity contribution in [3.05, 3.63) is 82.6 Å². The van der Waals surface area contributed by atoms with Crippen LogP contribution in [-0.2, 0) is 15.8 Å². The van der Waals surface area contributed by atoms with Gasteiger partial charge in [-0.25, -0.2) is 8.42 Å². The van der Waals surface area contributed by atoms with E-state index in [2.05, 4.69) is 9.71 Å². The third-order valence-electron chi connectivity index (χ3n) is 4.13. The number of aromatic nitrogens is 1. The zero-order valence-electron chi connectivity index (χ0n) is 14.5. The maximum Gasteiger partial charge on any atom is 0.236 e. The van der Waals surface area contributed by atoms with E-state index in [1.807, 2.05) is 38.2 Å². The van der Waals surface area contributed by atoms with Crippen LogP contribution in [0.1, 0.15) is 16.7 Å². The van der Waals surface area contributed by atoms with Crippen LogP contribution in [0.2, 0.25) is 5.02 Å². The summed E-state index contributed by atoms with van der Waals surface area (Å²) in [4.78, 5) is 4.18. The van der Waals surface area contributed by atoms with Gasteiger partial charge in [0, 0.05) is 28.7 Å². The van der Waals surface area contributed by atoms with E-state index in [-0.39, 0.29) is 5.75 Å². The first-order valence-electron chi connectivity index (χ1n) is 8.11. The Balaban J connectivity index is 1.84. The van der Waals surface area contributed by atoms with Crippen molar-refractivity contribution in [1.29, 1.82) is 0 Å². The fourth-order valence-electron chi connectivity index (χ4n) is 2.81. The molecule has 0 amide bonds. The highest BCUT2D eigenvalue weighted by Gasteiger charge is 2.15. The third kappa shape index (κ3) is 4.23. The summed E-state index contributed by atoms with van der Waals surface area (Å²) in [6.07, 6.45) is 3.57. The number of anilines is 1. The minimum absolute atomic E-state index is 0.171. The van der Waals surface area contributed by atoms with Crippen molar-refractivity contribution in [2.75, 3.05) is 4.72 Å². The summed E-state index contributed by atoms with van der Waals surface area (Å²) in [6.45, 7) is 3.98. The second-order valence-electron chi connectivity index (χ2n) is 6.17. The van der Waals surface area contributed by atoms with Crippen LogP contribution < -0.4 is 4.72 Å². The Morgan fingerprint density at radius 3 is 2.46 bits per heavy atom. The quantitative estimate of drug-likeness (QED) is 0.674. The molecule has 0 spiro atoms. The number of hydrogen-bond donors (Lipinski definition) is 1. The van der Waals surface area contributed by atoms with Crippen LogP contribution in [0.4, 0.5) is 5.69 Å². The lowest BCUT2D eigenvalue weighted by molar-refractivity contribution is 0.600. The van der Waals surface area contributed by atoms with Crippen molar-refractivity contribution >= 4 is 27.3 Å². The molecule has 0 radical (unpaired) electrons. The fraction of sp³-hybridized carbons (Fsp3) is 0.150. The number of halogens is 1. The van der Waals surface area contributed by atoms with Gasteiger partial charge in [0.25, 0.3) is 0 Å². The van der Waals surface area contributed by atoms with Gasteiger partial charge < -0.3 is 0 Å². The highest BCUT2D eigenvalue weighted by atomic mass is 35.5. The molecule has 2 aromatic carbocycles. The van der Waals surface area contributed by atoms with Crippen molar-refractivity contribution in [3.63, 3.8) is 0 Å². The number of sulfonamides is 1. The van der Waals surface area contributed by atoms with E-state index < -0.39 is 10.0 Å². The number of nitrogens with zero attached hydrogens (tertiary/aromatic N) is 1. The first kappa shape index (κ1) is 18.4. The second kappa shape index (κ2) is 7.48. The number of rotatable bonds is 5. The summed E-state index contributed by atoms with van der Waals surface area (Å²) in [7, 11) is -3.56. The molecule has 1 aromatic heterocycles. The van der Waals surface area contributed by atoms with Crippen LogP contribution in [0, 0.1) is 13.8 Å². The van der Waals surface area contributed by atoms with Crippen LogP contribution in [0.15, 0.2) is 60.9 Å². The molecule has 0 aliphatic heterocycles. The Labute approximate surface area is 158 Å². The Hall–Kier alpha value is -2.37. The van der Waals surface area contributed by atoms with Crippen LogP contribution in [0.3, 0.4) is 0 Å². The van der Waals surface area contributed by atoms with Crippen molar-refractivity contribution in [2.24, 2.45) is 0 Å². The summed E-state index contributed by atoms with van der Waals surface area (Å²) < 4.78 is 27.6. The van der Waals surface area contributed by atoms with Crippen molar-refractivity contribution in [2.45, 2.75) is 19.6 Å². The fourth-order valence-corrected chi connectivity index (χ4v) is 4.31. The number of aryl methyl sites for hydroxylation is 2. The molecule has 26 heavy (non-hydrogen) atoms. The smallest absolute Gasteiger partial charge is 0.236 e. The number of benzene rings is 2. The van der Waals surface area contributed by atoms with Crippen LogP contribution in [0.5, 0.6) is 0 Å². The lowest BCUT2D eigenvalue weighted by Gasteiger charge is -2.13. The van der Waals surface area contributed by atoms with Gasteiger partial charge in [-0.3, -0.25) is 9.71 Å². The topological polar surface area (TPSA) is 59.1 Å². The maximum absolute atomic E-state index is 12.5. The first-order chi connectivity index (χ1) is 12.4.